The van der Waals surface area contributed by atoms with Crippen molar-refractivity contribution in [2.75, 3.05) is 17.3 Å². The number of halogens is 3. The number of nitrogens with zero attached hydrogens (tertiary/aromatic N) is 2. The Balaban J connectivity index is 1.66. The molecule has 1 atom stereocenters. The number of pyridine rings is 1. The van der Waals surface area contributed by atoms with Gasteiger partial charge in [0.05, 0.1) is 5.69 Å². The molecule has 0 saturated heterocycles. The van der Waals surface area contributed by atoms with Gasteiger partial charge in [0.2, 0.25) is 11.8 Å². The summed E-state index contributed by atoms with van der Waals surface area (Å²) in [5, 5.41) is 2.50. The Morgan fingerprint density at radius 2 is 1.74 bits per heavy atom. The Morgan fingerprint density at radius 3 is 2.34 bits per heavy atom. The SMILES string of the molecule is COC(C)C(=O)Nc1cc(Oc2cc(F)c(N(C(=O)C3(C(N)=O)CC3)c3ccc(F)cc3)cc2F)ccn1. The molecular formula is C26H23F3N4O5. The Morgan fingerprint density at radius 1 is 1.05 bits per heavy atom. The molecule has 3 amide bonds. The Bertz CT molecular complexity index is 1400. The number of primary amides is 1. The summed E-state index contributed by atoms with van der Waals surface area (Å²) in [4.78, 5) is 42.1. The molecule has 0 spiro atoms. The molecular weight excluding hydrogens is 505 g/mol. The van der Waals surface area contributed by atoms with Crippen molar-refractivity contribution in [3.8, 4) is 11.5 Å². The van der Waals surface area contributed by atoms with E-state index in [1.807, 2.05) is 0 Å². The lowest BCUT2D eigenvalue weighted by molar-refractivity contribution is -0.133. The van der Waals surface area contributed by atoms with Crippen molar-refractivity contribution < 1.29 is 37.0 Å². The molecule has 12 heteroatoms. The van der Waals surface area contributed by atoms with Gasteiger partial charge in [-0.2, -0.15) is 0 Å². The van der Waals surface area contributed by atoms with Gasteiger partial charge in [0, 0.05) is 37.2 Å². The van der Waals surface area contributed by atoms with Gasteiger partial charge in [-0.15, -0.1) is 0 Å². The number of nitrogens with one attached hydrogen (secondary N) is 1. The highest BCUT2D eigenvalue weighted by molar-refractivity contribution is 6.16. The number of hydrogen-bond acceptors (Lipinski definition) is 6. The number of ether oxygens (including phenoxy) is 2. The van der Waals surface area contributed by atoms with Gasteiger partial charge in [-0.1, -0.05) is 0 Å². The summed E-state index contributed by atoms with van der Waals surface area (Å²) in [6.45, 7) is 1.53. The zero-order valence-corrected chi connectivity index (χ0v) is 20.3. The zero-order chi connectivity index (χ0) is 27.6. The number of anilines is 3. The minimum atomic E-state index is -1.56. The fourth-order valence-electron chi connectivity index (χ4n) is 3.63. The zero-order valence-electron chi connectivity index (χ0n) is 20.3. The molecule has 198 valence electrons. The van der Waals surface area contributed by atoms with E-state index in [9.17, 15) is 18.8 Å². The molecule has 1 aromatic heterocycles. The third-order valence-electron chi connectivity index (χ3n) is 6.09. The number of rotatable bonds is 9. The van der Waals surface area contributed by atoms with E-state index in [4.69, 9.17) is 15.2 Å². The van der Waals surface area contributed by atoms with Crippen molar-refractivity contribution in [2.24, 2.45) is 11.1 Å². The van der Waals surface area contributed by atoms with Crippen molar-refractivity contribution in [3.05, 3.63) is 72.2 Å². The predicted molar refractivity (Wildman–Crippen MR) is 130 cm³/mol. The van der Waals surface area contributed by atoms with E-state index in [1.165, 1.54) is 44.5 Å². The first-order chi connectivity index (χ1) is 18.1. The highest BCUT2D eigenvalue weighted by atomic mass is 19.1. The average molecular weight is 528 g/mol. The van der Waals surface area contributed by atoms with Crippen LogP contribution in [0.3, 0.4) is 0 Å². The van der Waals surface area contributed by atoms with Crippen LogP contribution < -0.4 is 20.7 Å². The molecule has 1 fully saturated rings. The molecule has 3 aromatic rings. The molecule has 1 saturated carbocycles. The molecule has 0 radical (unpaired) electrons. The lowest BCUT2D eigenvalue weighted by atomic mass is 10.0. The van der Waals surface area contributed by atoms with Crippen LogP contribution in [0, 0.1) is 22.9 Å². The summed E-state index contributed by atoms with van der Waals surface area (Å²) >= 11 is 0. The predicted octanol–water partition coefficient (Wildman–Crippen LogP) is 4.19. The van der Waals surface area contributed by atoms with Gasteiger partial charge in [0.1, 0.15) is 28.9 Å². The van der Waals surface area contributed by atoms with E-state index in [-0.39, 0.29) is 30.1 Å². The van der Waals surface area contributed by atoms with E-state index in [0.29, 0.717) is 0 Å². The molecule has 0 bridgehead atoms. The summed E-state index contributed by atoms with van der Waals surface area (Å²) in [5.74, 6) is -5.35. The van der Waals surface area contributed by atoms with Crippen molar-refractivity contribution in [1.29, 1.82) is 0 Å². The Hall–Kier alpha value is -4.45. The molecule has 3 N–H and O–H groups in total. The number of nitrogens with two attached hydrogens (primary N) is 1. The van der Waals surface area contributed by atoms with Gasteiger partial charge in [-0.3, -0.25) is 19.3 Å². The number of carbonyl (C=O) groups excluding carboxylic acids is 3. The highest BCUT2D eigenvalue weighted by Gasteiger charge is 2.57. The van der Waals surface area contributed by atoms with E-state index in [2.05, 4.69) is 10.3 Å². The van der Waals surface area contributed by atoms with Gasteiger partial charge in [0.15, 0.2) is 17.4 Å². The van der Waals surface area contributed by atoms with Crippen LogP contribution in [0.1, 0.15) is 19.8 Å². The minimum Gasteiger partial charge on any atom is -0.454 e. The monoisotopic (exact) mass is 528 g/mol. The average Bonchev–Trinajstić information content (AvgIpc) is 3.70. The van der Waals surface area contributed by atoms with Crippen LogP contribution in [-0.2, 0) is 19.1 Å². The topological polar surface area (TPSA) is 124 Å². The molecule has 1 aliphatic carbocycles. The maximum absolute atomic E-state index is 15.4. The van der Waals surface area contributed by atoms with Crippen LogP contribution >= 0.6 is 0 Å². The normalized spacial score (nSPS) is 14.3. The molecule has 9 nitrogen and oxygen atoms in total. The van der Waals surface area contributed by atoms with Gasteiger partial charge in [0.25, 0.3) is 5.91 Å². The van der Waals surface area contributed by atoms with E-state index < -0.39 is 58.1 Å². The molecule has 38 heavy (non-hydrogen) atoms. The number of carbonyl (C=O) groups is 3. The second-order valence-electron chi connectivity index (χ2n) is 8.64. The standard InChI is InChI=1S/C26H23F3N4O5/c1-14(37-2)23(34)32-22-11-17(7-10-31-22)38-21-13-18(28)20(12-19(21)29)33(16-5-3-15(27)4-6-16)25(36)26(8-9-26)24(30)35/h3-7,10-14H,8-9H2,1-2H3,(H2,30,35)(H,31,32,34). The second kappa shape index (κ2) is 10.5. The second-order valence-corrected chi connectivity index (χ2v) is 8.64. The molecule has 1 heterocycles. The maximum Gasteiger partial charge on any atom is 0.254 e. The lowest BCUT2D eigenvalue weighted by Crippen LogP contribution is -2.41. The fraction of sp³-hybridized carbons (Fsp3) is 0.231. The van der Waals surface area contributed by atoms with Crippen molar-refractivity contribution in [3.63, 3.8) is 0 Å². The van der Waals surface area contributed by atoms with Crippen LogP contribution in [-0.4, -0.2) is 35.9 Å². The van der Waals surface area contributed by atoms with Gasteiger partial charge in [-0.05, 0) is 50.1 Å². The van der Waals surface area contributed by atoms with Crippen LogP contribution in [0.2, 0.25) is 0 Å². The first-order valence-electron chi connectivity index (χ1n) is 11.4. The van der Waals surface area contributed by atoms with Crippen molar-refractivity contribution >= 4 is 34.9 Å². The van der Waals surface area contributed by atoms with E-state index >= 15 is 8.78 Å². The third-order valence-corrected chi connectivity index (χ3v) is 6.09. The fourth-order valence-corrected chi connectivity index (χ4v) is 3.63. The lowest BCUT2D eigenvalue weighted by Gasteiger charge is -2.27. The summed E-state index contributed by atoms with van der Waals surface area (Å²) in [6, 6.07) is 8.59. The summed E-state index contributed by atoms with van der Waals surface area (Å²) in [7, 11) is 1.36. The third kappa shape index (κ3) is 5.30. The van der Waals surface area contributed by atoms with Crippen LogP contribution in [0.15, 0.2) is 54.7 Å². The number of hydrogen-bond donors (Lipinski definition) is 2. The van der Waals surface area contributed by atoms with E-state index in [0.717, 1.165) is 29.2 Å². The van der Waals surface area contributed by atoms with Crippen molar-refractivity contribution in [2.45, 2.75) is 25.9 Å². The highest BCUT2D eigenvalue weighted by Crippen LogP contribution is 2.49. The smallest absolute Gasteiger partial charge is 0.254 e. The number of amides is 3. The molecule has 2 aromatic carbocycles. The van der Waals surface area contributed by atoms with Gasteiger partial charge in [-0.25, -0.2) is 18.2 Å². The molecule has 1 aliphatic rings. The number of methoxy groups -OCH3 is 1. The first kappa shape index (κ1) is 26.6. The maximum atomic E-state index is 15.4. The van der Waals surface area contributed by atoms with Crippen molar-refractivity contribution in [1.82, 2.24) is 4.98 Å². The number of aromatic nitrogens is 1. The Labute approximate surface area is 215 Å². The molecule has 0 aliphatic heterocycles. The van der Waals surface area contributed by atoms with Gasteiger partial charge >= 0.3 is 0 Å². The summed E-state index contributed by atoms with van der Waals surface area (Å²) in [5.41, 5.74) is 3.35. The van der Waals surface area contributed by atoms with Crippen LogP contribution in [0.5, 0.6) is 11.5 Å². The first-order valence-corrected chi connectivity index (χ1v) is 11.4. The Kier molecular flexibility index (Phi) is 7.35. The van der Waals surface area contributed by atoms with Crippen LogP contribution in [0.25, 0.3) is 0 Å². The summed E-state index contributed by atoms with van der Waals surface area (Å²) in [6.07, 6.45) is 0.831. The largest absolute Gasteiger partial charge is 0.454 e. The van der Waals surface area contributed by atoms with Gasteiger partial charge < -0.3 is 20.5 Å². The molecule has 4 rings (SSSR count). The number of benzene rings is 2. The van der Waals surface area contributed by atoms with E-state index in [1.54, 1.807) is 0 Å². The quantitative estimate of drug-likeness (QED) is 0.402. The van der Waals surface area contributed by atoms with Crippen LogP contribution in [0.4, 0.5) is 30.4 Å². The minimum absolute atomic E-state index is 0.00991. The summed E-state index contributed by atoms with van der Waals surface area (Å²) < 4.78 is 54.5. The molecule has 1 unspecified atom stereocenters.